The van der Waals surface area contributed by atoms with Crippen LogP contribution in [-0.2, 0) is 0 Å². The van der Waals surface area contributed by atoms with Crippen LogP contribution in [0.15, 0.2) is 42.7 Å². The first-order chi connectivity index (χ1) is 10.9. The lowest BCUT2D eigenvalue weighted by Gasteiger charge is -2.14. The molecule has 23 heavy (non-hydrogen) atoms. The molecule has 0 aliphatic carbocycles. The highest BCUT2D eigenvalue weighted by atomic mass is 35.5. The van der Waals surface area contributed by atoms with Gasteiger partial charge in [0, 0.05) is 23.7 Å². The number of carbonyl (C=O) groups excluding carboxylic acids is 1. The van der Waals surface area contributed by atoms with Crippen LogP contribution >= 0.6 is 35.4 Å². The molecule has 120 valence electrons. The third kappa shape index (κ3) is 4.28. The van der Waals surface area contributed by atoms with Crippen LogP contribution < -0.4 is 9.88 Å². The molecule has 0 fully saturated rings. The summed E-state index contributed by atoms with van der Waals surface area (Å²) in [7, 11) is 0. The molecule has 3 nitrogen and oxygen atoms in total. The minimum absolute atomic E-state index is 0.134. The minimum atomic E-state index is -0.623. The molecule has 2 rings (SSSR count). The van der Waals surface area contributed by atoms with Gasteiger partial charge in [0.1, 0.15) is 0 Å². The summed E-state index contributed by atoms with van der Waals surface area (Å²) in [5.74, 6) is -0.134. The molecular formula is C17H17Cl2N2OS+. The number of nitrogens with zero attached hydrogens (tertiary/aromatic N) is 1. The van der Waals surface area contributed by atoms with Crippen LogP contribution in [0.3, 0.4) is 0 Å². The molecule has 0 saturated heterocycles. The van der Waals surface area contributed by atoms with Crippen LogP contribution in [0, 0.1) is 6.92 Å². The summed E-state index contributed by atoms with van der Waals surface area (Å²) in [6, 6.07) is 8.08. The third-order valence-electron chi connectivity index (χ3n) is 3.32. The van der Waals surface area contributed by atoms with Crippen LogP contribution in [-0.4, -0.2) is 17.3 Å². The van der Waals surface area contributed by atoms with Gasteiger partial charge in [0.15, 0.2) is 17.4 Å². The van der Waals surface area contributed by atoms with Crippen molar-refractivity contribution in [1.29, 1.82) is 0 Å². The predicted octanol–water partition coefficient (Wildman–Crippen LogP) is 3.95. The number of halogens is 2. The van der Waals surface area contributed by atoms with E-state index in [1.54, 1.807) is 18.2 Å². The van der Waals surface area contributed by atoms with Gasteiger partial charge in [-0.05, 0) is 38.1 Å². The van der Waals surface area contributed by atoms with Crippen molar-refractivity contribution in [3.63, 3.8) is 0 Å². The predicted molar refractivity (Wildman–Crippen MR) is 97.5 cm³/mol. The normalized spacial score (nSPS) is 11.8. The molecule has 1 unspecified atom stereocenters. The summed E-state index contributed by atoms with van der Waals surface area (Å²) in [6.07, 6.45) is 3.72. The number of thiocarbonyl (C=S) groups is 1. The molecule has 1 N–H and O–H groups in total. The van der Waals surface area contributed by atoms with Crippen molar-refractivity contribution < 1.29 is 9.36 Å². The largest absolute Gasteiger partial charge is 0.374 e. The summed E-state index contributed by atoms with van der Waals surface area (Å²) in [6.45, 7) is 4.55. The van der Waals surface area contributed by atoms with Crippen LogP contribution in [0.4, 0.5) is 0 Å². The number of aromatic nitrogens is 1. The number of likely N-dealkylation sites (N-methyl/N-ethyl adjacent to an activating group) is 1. The van der Waals surface area contributed by atoms with Crippen LogP contribution in [0.25, 0.3) is 0 Å². The molecule has 1 heterocycles. The number of pyridine rings is 1. The number of Topliss-reactive ketones (excluding diaryl/α,β-unsaturated/α-hetero) is 1. The molecule has 0 radical (unpaired) electrons. The topological polar surface area (TPSA) is 33.0 Å². The summed E-state index contributed by atoms with van der Waals surface area (Å²) in [5, 5.41) is 3.83. The Hall–Kier alpha value is -1.49. The second kappa shape index (κ2) is 7.86. The standard InChI is InChI=1S/C17H16Cl2N2OS/c1-3-20-17(23)15(21-8-4-5-11(2)10-21)16(22)12-6-7-13(18)14(19)9-12/h4-10,15H,3H2,1-2H3/p+1. The highest BCUT2D eigenvalue weighted by Gasteiger charge is 2.33. The molecular weight excluding hydrogens is 351 g/mol. The molecule has 1 aromatic carbocycles. The molecule has 0 amide bonds. The van der Waals surface area contributed by atoms with Gasteiger partial charge in [-0.2, -0.15) is 4.57 Å². The lowest BCUT2D eigenvalue weighted by atomic mass is 10.0. The Kier molecular flexibility index (Phi) is 6.10. The van der Waals surface area contributed by atoms with Crippen molar-refractivity contribution in [1.82, 2.24) is 5.32 Å². The number of carbonyl (C=O) groups is 1. The Morgan fingerprint density at radius 2 is 2.04 bits per heavy atom. The van der Waals surface area contributed by atoms with Gasteiger partial charge in [0.25, 0.3) is 6.04 Å². The van der Waals surface area contributed by atoms with Crippen LogP contribution in [0.2, 0.25) is 10.0 Å². The first-order valence-corrected chi connectivity index (χ1v) is 8.35. The monoisotopic (exact) mass is 367 g/mol. The lowest BCUT2D eigenvalue weighted by molar-refractivity contribution is -0.692. The molecule has 1 atom stereocenters. The Bertz CT molecular complexity index is 749. The van der Waals surface area contributed by atoms with E-state index in [1.807, 2.05) is 42.9 Å². The van der Waals surface area contributed by atoms with Gasteiger partial charge in [-0.15, -0.1) is 0 Å². The average Bonchev–Trinajstić information content (AvgIpc) is 2.50. The van der Waals surface area contributed by atoms with E-state index in [0.717, 1.165) is 5.56 Å². The Morgan fingerprint density at radius 1 is 1.30 bits per heavy atom. The van der Waals surface area contributed by atoms with Gasteiger partial charge in [0.05, 0.1) is 10.0 Å². The molecule has 0 spiro atoms. The van der Waals surface area contributed by atoms with Gasteiger partial charge in [0.2, 0.25) is 5.78 Å². The maximum Gasteiger partial charge on any atom is 0.270 e. The fourth-order valence-electron chi connectivity index (χ4n) is 2.24. The Balaban J connectivity index is 2.46. The summed E-state index contributed by atoms with van der Waals surface area (Å²) < 4.78 is 1.81. The third-order valence-corrected chi connectivity index (χ3v) is 4.43. The second-order valence-electron chi connectivity index (χ2n) is 5.12. The van der Waals surface area contributed by atoms with Gasteiger partial charge in [-0.25, -0.2) is 0 Å². The summed E-state index contributed by atoms with van der Waals surface area (Å²) in [4.78, 5) is 13.5. The minimum Gasteiger partial charge on any atom is -0.374 e. The van der Waals surface area contributed by atoms with E-state index in [0.29, 0.717) is 27.1 Å². The zero-order valence-corrected chi connectivity index (χ0v) is 15.2. The van der Waals surface area contributed by atoms with E-state index < -0.39 is 6.04 Å². The number of hydrogen-bond donors (Lipinski definition) is 1. The molecule has 0 bridgehead atoms. The number of benzene rings is 1. The Morgan fingerprint density at radius 3 is 2.65 bits per heavy atom. The van der Waals surface area contributed by atoms with Crippen molar-refractivity contribution >= 4 is 46.2 Å². The van der Waals surface area contributed by atoms with E-state index in [9.17, 15) is 4.79 Å². The van der Waals surface area contributed by atoms with Gasteiger partial charge >= 0.3 is 0 Å². The maximum absolute atomic E-state index is 13.0. The average molecular weight is 368 g/mol. The first kappa shape index (κ1) is 17.9. The van der Waals surface area contributed by atoms with Crippen LogP contribution in [0.1, 0.15) is 28.9 Å². The molecule has 0 aliphatic heterocycles. The van der Waals surface area contributed by atoms with E-state index >= 15 is 0 Å². The number of ketones is 1. The second-order valence-corrected chi connectivity index (χ2v) is 6.37. The van der Waals surface area contributed by atoms with Crippen LogP contribution in [0.5, 0.6) is 0 Å². The van der Waals surface area contributed by atoms with Gasteiger partial charge in [-0.3, -0.25) is 4.79 Å². The molecule has 0 aliphatic rings. The van der Waals surface area contributed by atoms with Gasteiger partial charge in [-0.1, -0.05) is 35.4 Å². The highest BCUT2D eigenvalue weighted by Crippen LogP contribution is 2.24. The highest BCUT2D eigenvalue weighted by molar-refractivity contribution is 7.80. The number of aryl methyl sites for hydroxylation is 1. The van der Waals surface area contributed by atoms with Gasteiger partial charge < -0.3 is 5.32 Å². The van der Waals surface area contributed by atoms with Crippen molar-refractivity contribution in [2.45, 2.75) is 19.9 Å². The van der Waals surface area contributed by atoms with Crippen molar-refractivity contribution in [2.24, 2.45) is 0 Å². The lowest BCUT2D eigenvalue weighted by Crippen LogP contribution is -2.51. The maximum atomic E-state index is 13.0. The Labute approximate surface area is 151 Å². The quantitative estimate of drug-likeness (QED) is 0.493. The first-order valence-electron chi connectivity index (χ1n) is 7.18. The number of rotatable bonds is 5. The SMILES string of the molecule is CCNC(=S)C(C(=O)c1ccc(Cl)c(Cl)c1)[n+]1cccc(C)c1. The summed E-state index contributed by atoms with van der Waals surface area (Å²) in [5.41, 5.74) is 1.51. The molecule has 1 aromatic heterocycles. The van der Waals surface area contributed by atoms with Crippen molar-refractivity contribution in [3.05, 3.63) is 63.9 Å². The van der Waals surface area contributed by atoms with E-state index in [-0.39, 0.29) is 5.78 Å². The summed E-state index contributed by atoms with van der Waals surface area (Å²) >= 11 is 17.4. The smallest absolute Gasteiger partial charge is 0.270 e. The number of nitrogens with one attached hydrogen (secondary N) is 1. The molecule has 2 aromatic rings. The van der Waals surface area contributed by atoms with E-state index in [4.69, 9.17) is 35.4 Å². The van der Waals surface area contributed by atoms with E-state index in [1.165, 1.54) is 0 Å². The van der Waals surface area contributed by atoms with Crippen molar-refractivity contribution in [3.8, 4) is 0 Å². The fraction of sp³-hybridized carbons (Fsp3) is 0.235. The molecule has 6 heteroatoms. The zero-order valence-electron chi connectivity index (χ0n) is 12.8. The van der Waals surface area contributed by atoms with Crippen molar-refractivity contribution in [2.75, 3.05) is 6.54 Å². The zero-order chi connectivity index (χ0) is 17.0. The number of hydrogen-bond acceptors (Lipinski definition) is 2. The fourth-order valence-corrected chi connectivity index (χ4v) is 2.92. The van der Waals surface area contributed by atoms with E-state index in [2.05, 4.69) is 5.32 Å². The molecule has 0 saturated carbocycles.